The monoisotopic (exact) mass is 292 g/mol. The highest BCUT2D eigenvalue weighted by Gasteiger charge is 2.33. The number of nitrogens with zero attached hydrogens (tertiary/aromatic N) is 1. The molecule has 4 heteroatoms. The van der Waals surface area contributed by atoms with Crippen molar-refractivity contribution in [1.29, 1.82) is 0 Å². The lowest BCUT2D eigenvalue weighted by Gasteiger charge is -2.30. The van der Waals surface area contributed by atoms with Crippen molar-refractivity contribution >= 4 is 11.8 Å². The van der Waals surface area contributed by atoms with Gasteiger partial charge in [-0.25, -0.2) is 0 Å². The molecule has 3 rings (SSSR count). The second-order valence-electron chi connectivity index (χ2n) is 7.09. The number of rotatable bonds is 3. The Morgan fingerprint density at radius 3 is 2.24 bits per heavy atom. The number of likely N-dealkylation sites (tertiary alicyclic amines) is 1. The molecule has 1 saturated heterocycles. The van der Waals surface area contributed by atoms with Gasteiger partial charge in [-0.3, -0.25) is 9.59 Å². The Hall–Kier alpha value is -1.06. The molecule has 0 radical (unpaired) electrons. The zero-order valence-electron chi connectivity index (χ0n) is 13.0. The van der Waals surface area contributed by atoms with Crippen LogP contribution in [0.3, 0.4) is 0 Å². The van der Waals surface area contributed by atoms with E-state index in [2.05, 4.69) is 5.32 Å². The topological polar surface area (TPSA) is 49.4 Å². The van der Waals surface area contributed by atoms with E-state index in [1.807, 2.05) is 4.90 Å². The van der Waals surface area contributed by atoms with E-state index >= 15 is 0 Å². The summed E-state index contributed by atoms with van der Waals surface area (Å²) in [6.07, 6.45) is 11.1. The normalized spacial score (nSPS) is 28.0. The first-order valence-electron chi connectivity index (χ1n) is 8.83. The molecule has 21 heavy (non-hydrogen) atoms. The molecule has 3 aliphatic rings. The molecule has 1 heterocycles. The molecular formula is C17H28N2O2. The lowest BCUT2D eigenvalue weighted by molar-refractivity contribution is -0.137. The molecule has 0 bridgehead atoms. The van der Waals surface area contributed by atoms with Crippen LogP contribution in [0.5, 0.6) is 0 Å². The second kappa shape index (κ2) is 6.80. The Labute approximate surface area is 127 Å². The maximum absolute atomic E-state index is 12.7. The van der Waals surface area contributed by atoms with Crippen molar-refractivity contribution in [3.63, 3.8) is 0 Å². The second-order valence-corrected chi connectivity index (χ2v) is 7.09. The van der Waals surface area contributed by atoms with Crippen LogP contribution in [-0.2, 0) is 9.59 Å². The van der Waals surface area contributed by atoms with Crippen LogP contribution in [0.4, 0.5) is 0 Å². The van der Waals surface area contributed by atoms with Gasteiger partial charge in [0.25, 0.3) is 0 Å². The molecule has 2 saturated carbocycles. The zero-order valence-corrected chi connectivity index (χ0v) is 13.0. The summed E-state index contributed by atoms with van der Waals surface area (Å²) in [7, 11) is 0. The van der Waals surface area contributed by atoms with Gasteiger partial charge in [0.15, 0.2) is 0 Å². The predicted octanol–water partition coefficient (Wildman–Crippen LogP) is 2.47. The van der Waals surface area contributed by atoms with E-state index in [4.69, 9.17) is 0 Å². The van der Waals surface area contributed by atoms with Gasteiger partial charge in [-0.15, -0.1) is 0 Å². The Kier molecular flexibility index (Phi) is 4.81. The van der Waals surface area contributed by atoms with E-state index in [0.717, 1.165) is 58.0 Å². The van der Waals surface area contributed by atoms with E-state index in [0.29, 0.717) is 5.91 Å². The summed E-state index contributed by atoms with van der Waals surface area (Å²) in [5, 5.41) is 3.18. The zero-order chi connectivity index (χ0) is 14.7. The number of hydrogen-bond donors (Lipinski definition) is 1. The van der Waals surface area contributed by atoms with Crippen molar-refractivity contribution in [3.8, 4) is 0 Å². The number of nitrogens with one attached hydrogen (secondary N) is 1. The Bertz CT molecular complexity index is 386. The van der Waals surface area contributed by atoms with Gasteiger partial charge in [0.1, 0.15) is 0 Å². The number of carbonyl (C=O) groups is 2. The summed E-state index contributed by atoms with van der Waals surface area (Å²) in [6.45, 7) is 1.61. The van der Waals surface area contributed by atoms with Crippen LogP contribution in [0.15, 0.2) is 0 Å². The van der Waals surface area contributed by atoms with Crippen LogP contribution in [0.2, 0.25) is 0 Å². The molecule has 118 valence electrons. The quantitative estimate of drug-likeness (QED) is 0.868. The fourth-order valence-corrected chi connectivity index (χ4v) is 3.73. The van der Waals surface area contributed by atoms with Crippen molar-refractivity contribution in [2.75, 3.05) is 13.1 Å². The van der Waals surface area contributed by atoms with E-state index < -0.39 is 0 Å². The molecule has 0 unspecified atom stereocenters. The first-order valence-corrected chi connectivity index (χ1v) is 8.83. The molecular weight excluding hydrogens is 264 g/mol. The molecule has 1 aliphatic heterocycles. The van der Waals surface area contributed by atoms with Gasteiger partial charge < -0.3 is 10.2 Å². The van der Waals surface area contributed by atoms with Gasteiger partial charge in [0.05, 0.1) is 0 Å². The van der Waals surface area contributed by atoms with Crippen LogP contribution < -0.4 is 5.32 Å². The largest absolute Gasteiger partial charge is 0.351 e. The average molecular weight is 292 g/mol. The molecule has 0 aromatic carbocycles. The van der Waals surface area contributed by atoms with Gasteiger partial charge in [-0.05, 0) is 44.9 Å². The van der Waals surface area contributed by atoms with Crippen LogP contribution in [0.25, 0.3) is 0 Å². The molecule has 1 N–H and O–H groups in total. The van der Waals surface area contributed by atoms with Crippen molar-refractivity contribution in [2.24, 2.45) is 11.8 Å². The summed E-state index contributed by atoms with van der Waals surface area (Å²) >= 11 is 0. The Morgan fingerprint density at radius 2 is 1.52 bits per heavy atom. The highest BCUT2D eigenvalue weighted by molar-refractivity contribution is 5.81. The highest BCUT2D eigenvalue weighted by Crippen LogP contribution is 2.30. The number of carbonyl (C=O) groups excluding carboxylic acids is 2. The maximum atomic E-state index is 12.7. The lowest BCUT2D eigenvalue weighted by atomic mass is 9.88. The molecule has 3 fully saturated rings. The van der Waals surface area contributed by atoms with E-state index in [1.54, 1.807) is 0 Å². The van der Waals surface area contributed by atoms with Crippen molar-refractivity contribution in [2.45, 2.75) is 70.3 Å². The first kappa shape index (κ1) is 14.9. The fraction of sp³-hybridized carbons (Fsp3) is 0.882. The standard InChI is InChI=1S/C17H28N2O2/c20-16(13-9-10-13)18-15-8-4-5-11-19(12-15)17(21)14-6-2-1-3-7-14/h13-15H,1-12H2,(H,18,20)/t15-/m0/s1. The summed E-state index contributed by atoms with van der Waals surface area (Å²) in [5.41, 5.74) is 0. The summed E-state index contributed by atoms with van der Waals surface area (Å²) < 4.78 is 0. The Balaban J connectivity index is 1.55. The minimum atomic E-state index is 0.174. The molecule has 1 atom stereocenters. The highest BCUT2D eigenvalue weighted by atomic mass is 16.2. The van der Waals surface area contributed by atoms with Crippen LogP contribution in [0, 0.1) is 11.8 Å². The molecule has 2 aliphatic carbocycles. The van der Waals surface area contributed by atoms with Gasteiger partial charge in [-0.1, -0.05) is 19.3 Å². The third-order valence-electron chi connectivity index (χ3n) is 5.23. The summed E-state index contributed by atoms with van der Waals surface area (Å²) in [5.74, 6) is 1.07. The minimum absolute atomic E-state index is 0.174. The van der Waals surface area contributed by atoms with Crippen LogP contribution >= 0.6 is 0 Å². The van der Waals surface area contributed by atoms with Gasteiger partial charge in [0.2, 0.25) is 11.8 Å². The summed E-state index contributed by atoms with van der Waals surface area (Å²) in [4.78, 5) is 26.7. The fourth-order valence-electron chi connectivity index (χ4n) is 3.73. The molecule has 0 aromatic rings. The smallest absolute Gasteiger partial charge is 0.225 e. The van der Waals surface area contributed by atoms with E-state index in [9.17, 15) is 9.59 Å². The molecule has 0 aromatic heterocycles. The molecule has 2 amide bonds. The maximum Gasteiger partial charge on any atom is 0.225 e. The van der Waals surface area contributed by atoms with Gasteiger partial charge in [-0.2, -0.15) is 0 Å². The SMILES string of the molecule is O=C(N[C@H]1CCCCN(C(=O)C2CCCCC2)C1)C1CC1. The van der Waals surface area contributed by atoms with Gasteiger partial charge in [0, 0.05) is 31.0 Å². The first-order chi connectivity index (χ1) is 10.2. The minimum Gasteiger partial charge on any atom is -0.351 e. The third-order valence-corrected chi connectivity index (χ3v) is 5.23. The van der Waals surface area contributed by atoms with Crippen molar-refractivity contribution in [3.05, 3.63) is 0 Å². The third kappa shape index (κ3) is 3.98. The van der Waals surface area contributed by atoms with Crippen LogP contribution in [0.1, 0.15) is 64.2 Å². The number of amides is 2. The average Bonchev–Trinajstić information content (AvgIpc) is 3.34. The predicted molar refractivity (Wildman–Crippen MR) is 81.7 cm³/mol. The lowest BCUT2D eigenvalue weighted by Crippen LogP contribution is -2.46. The molecule has 0 spiro atoms. The van der Waals surface area contributed by atoms with Crippen molar-refractivity contribution in [1.82, 2.24) is 10.2 Å². The summed E-state index contributed by atoms with van der Waals surface area (Å²) in [6, 6.07) is 0.174. The van der Waals surface area contributed by atoms with Gasteiger partial charge >= 0.3 is 0 Å². The van der Waals surface area contributed by atoms with Crippen molar-refractivity contribution < 1.29 is 9.59 Å². The molecule has 4 nitrogen and oxygen atoms in total. The Morgan fingerprint density at radius 1 is 0.810 bits per heavy atom. The van der Waals surface area contributed by atoms with Crippen LogP contribution in [-0.4, -0.2) is 35.8 Å². The van der Waals surface area contributed by atoms with E-state index in [1.165, 1.54) is 19.3 Å². The number of hydrogen-bond acceptors (Lipinski definition) is 2. The van der Waals surface area contributed by atoms with E-state index in [-0.39, 0.29) is 23.8 Å².